The van der Waals surface area contributed by atoms with Crippen molar-refractivity contribution in [2.24, 2.45) is 5.92 Å². The molecule has 0 spiro atoms. The molecule has 0 aromatic rings. The van der Waals surface area contributed by atoms with Gasteiger partial charge >= 0.3 is 0 Å². The Balaban J connectivity index is 4.35. The topological polar surface area (TPSA) is 0 Å². The van der Waals surface area contributed by atoms with Gasteiger partial charge in [-0.05, 0) is 31.8 Å². The molecule has 0 N–H and O–H groups in total. The largest absolute Gasteiger partial charge is 0.0955 e. The summed E-state index contributed by atoms with van der Waals surface area (Å²) in [5.41, 5.74) is 3.50. The van der Waals surface area contributed by atoms with Gasteiger partial charge in [0.1, 0.15) is 0 Å². The molecule has 0 aliphatic carbocycles. The van der Waals surface area contributed by atoms with E-state index in [1.807, 2.05) is 6.92 Å². The Morgan fingerprint density at radius 3 is 2.17 bits per heavy atom. The molecule has 0 aromatic carbocycles. The van der Waals surface area contributed by atoms with Gasteiger partial charge in [0.15, 0.2) is 0 Å². The van der Waals surface area contributed by atoms with Crippen molar-refractivity contribution in [1.82, 2.24) is 0 Å². The Kier molecular flexibility index (Phi) is 4.65. The maximum absolute atomic E-state index is 3.93. The van der Waals surface area contributed by atoms with Crippen LogP contribution in [0.3, 0.4) is 0 Å². The van der Waals surface area contributed by atoms with E-state index < -0.39 is 0 Å². The second-order valence-electron chi connectivity index (χ2n) is 3.50. The first-order valence-electron chi connectivity index (χ1n) is 4.52. The molecule has 0 bridgehead atoms. The van der Waals surface area contributed by atoms with Crippen molar-refractivity contribution in [3.05, 3.63) is 36.0 Å². The Morgan fingerprint density at radius 2 is 1.83 bits per heavy atom. The third-order valence-corrected chi connectivity index (χ3v) is 2.34. The highest BCUT2D eigenvalue weighted by Crippen LogP contribution is 2.17. The smallest absolute Gasteiger partial charge is 0.0234 e. The summed E-state index contributed by atoms with van der Waals surface area (Å²) < 4.78 is 0. The van der Waals surface area contributed by atoms with Crippen molar-refractivity contribution in [3.8, 4) is 0 Å². The van der Waals surface area contributed by atoms with Crippen molar-refractivity contribution >= 4 is 0 Å². The second-order valence-corrected chi connectivity index (χ2v) is 3.50. The van der Waals surface area contributed by atoms with E-state index in [-0.39, 0.29) is 0 Å². The van der Waals surface area contributed by atoms with E-state index in [9.17, 15) is 0 Å². The zero-order valence-corrected chi connectivity index (χ0v) is 8.78. The molecule has 68 valence electrons. The van der Waals surface area contributed by atoms with Crippen molar-refractivity contribution in [3.63, 3.8) is 0 Å². The van der Waals surface area contributed by atoms with Crippen LogP contribution in [0.2, 0.25) is 0 Å². The summed E-state index contributed by atoms with van der Waals surface area (Å²) in [5.74, 6) is 0.654. The molecule has 0 rings (SSSR count). The van der Waals surface area contributed by atoms with Crippen LogP contribution in [0.4, 0.5) is 0 Å². The van der Waals surface area contributed by atoms with Crippen LogP contribution >= 0.6 is 0 Å². The van der Waals surface area contributed by atoms with Crippen LogP contribution in [-0.2, 0) is 0 Å². The summed E-state index contributed by atoms with van der Waals surface area (Å²) in [4.78, 5) is 0. The normalized spacial score (nSPS) is 14.2. The number of rotatable bonds is 4. The van der Waals surface area contributed by atoms with Crippen LogP contribution in [0.5, 0.6) is 0 Å². The van der Waals surface area contributed by atoms with Crippen LogP contribution in [0.1, 0.15) is 34.1 Å². The van der Waals surface area contributed by atoms with E-state index in [0.717, 1.165) is 11.1 Å². The first-order chi connectivity index (χ1) is 5.49. The Morgan fingerprint density at radius 1 is 1.33 bits per heavy atom. The minimum absolute atomic E-state index is 0.654. The highest BCUT2D eigenvalue weighted by molar-refractivity contribution is 5.35. The van der Waals surface area contributed by atoms with Gasteiger partial charge in [0.05, 0.1) is 0 Å². The summed E-state index contributed by atoms with van der Waals surface area (Å²) >= 11 is 0. The van der Waals surface area contributed by atoms with E-state index in [0.29, 0.717) is 5.92 Å². The summed E-state index contributed by atoms with van der Waals surface area (Å²) in [6.07, 6.45) is 3.32. The zero-order valence-electron chi connectivity index (χ0n) is 8.78. The van der Waals surface area contributed by atoms with Crippen LogP contribution in [0, 0.1) is 5.92 Å². The van der Waals surface area contributed by atoms with Crippen LogP contribution < -0.4 is 0 Å². The minimum Gasteiger partial charge on any atom is -0.0955 e. The van der Waals surface area contributed by atoms with Gasteiger partial charge in [0.2, 0.25) is 0 Å². The Bertz CT molecular complexity index is 206. The monoisotopic (exact) mass is 164 g/mol. The first-order valence-corrected chi connectivity index (χ1v) is 4.52. The highest BCUT2D eigenvalue weighted by Gasteiger charge is 2.00. The molecule has 0 saturated heterocycles. The average Bonchev–Trinajstić information content (AvgIpc) is 2.02. The molecule has 0 fully saturated rings. The van der Waals surface area contributed by atoms with Crippen LogP contribution in [-0.4, -0.2) is 0 Å². The molecule has 0 heterocycles. The van der Waals surface area contributed by atoms with Gasteiger partial charge < -0.3 is 0 Å². The average molecular weight is 164 g/mol. The fourth-order valence-corrected chi connectivity index (χ4v) is 0.862. The predicted octanol–water partition coefficient (Wildman–Crippen LogP) is 4.11. The molecule has 0 radical (unpaired) electrons. The zero-order chi connectivity index (χ0) is 9.72. The molecule has 12 heavy (non-hydrogen) atoms. The molecular weight excluding hydrogens is 144 g/mol. The maximum Gasteiger partial charge on any atom is -0.0234 e. The van der Waals surface area contributed by atoms with E-state index >= 15 is 0 Å². The Hall–Kier alpha value is -0.780. The lowest BCUT2D eigenvalue weighted by Gasteiger charge is -2.09. The van der Waals surface area contributed by atoms with Crippen molar-refractivity contribution < 1.29 is 0 Å². The van der Waals surface area contributed by atoms with Gasteiger partial charge in [-0.2, -0.15) is 0 Å². The lowest BCUT2D eigenvalue weighted by Crippen LogP contribution is -1.94. The summed E-state index contributed by atoms with van der Waals surface area (Å²) in [7, 11) is 0. The fourth-order valence-electron chi connectivity index (χ4n) is 0.862. The summed E-state index contributed by atoms with van der Waals surface area (Å²) in [5, 5.41) is 0. The standard InChI is InChI=1S/C12H20/c1-7-10(4)12(6)8-11(5)9(2)3/h8,10H,2,5,7H2,1,3-4,6H3/b12-8-. The van der Waals surface area contributed by atoms with E-state index in [2.05, 4.69) is 40.0 Å². The van der Waals surface area contributed by atoms with Gasteiger partial charge in [-0.1, -0.05) is 44.2 Å². The van der Waals surface area contributed by atoms with Crippen molar-refractivity contribution in [2.45, 2.75) is 34.1 Å². The third-order valence-electron chi connectivity index (χ3n) is 2.34. The quantitative estimate of drug-likeness (QED) is 0.548. The molecule has 0 aliphatic rings. The fraction of sp³-hybridized carbons (Fsp3) is 0.500. The van der Waals surface area contributed by atoms with Crippen LogP contribution in [0.15, 0.2) is 36.0 Å². The number of hydrogen-bond donors (Lipinski definition) is 0. The number of allylic oxidation sites excluding steroid dienone is 4. The van der Waals surface area contributed by atoms with E-state index in [1.165, 1.54) is 12.0 Å². The number of hydrogen-bond acceptors (Lipinski definition) is 0. The van der Waals surface area contributed by atoms with Gasteiger partial charge in [0, 0.05) is 0 Å². The van der Waals surface area contributed by atoms with Crippen molar-refractivity contribution in [2.75, 3.05) is 0 Å². The summed E-state index contributed by atoms with van der Waals surface area (Å²) in [6, 6.07) is 0. The SMILES string of the molecule is C=C(C)C(=C)/C=C(/C)C(C)CC. The molecule has 0 nitrogen and oxygen atoms in total. The molecule has 1 unspecified atom stereocenters. The lowest BCUT2D eigenvalue weighted by atomic mass is 9.97. The van der Waals surface area contributed by atoms with Gasteiger partial charge in [-0.25, -0.2) is 0 Å². The van der Waals surface area contributed by atoms with Gasteiger partial charge in [-0.15, -0.1) is 0 Å². The first kappa shape index (κ1) is 11.2. The summed E-state index contributed by atoms with van der Waals surface area (Å²) in [6.45, 7) is 16.4. The molecule has 0 amide bonds. The Labute approximate surface area is 76.7 Å². The lowest BCUT2D eigenvalue weighted by molar-refractivity contribution is 0.655. The molecule has 1 atom stereocenters. The molecule has 0 saturated carbocycles. The maximum atomic E-state index is 3.93. The molecule has 0 aliphatic heterocycles. The minimum atomic E-state index is 0.654. The van der Waals surface area contributed by atoms with E-state index in [4.69, 9.17) is 0 Å². The highest BCUT2D eigenvalue weighted by atomic mass is 14.1. The van der Waals surface area contributed by atoms with Crippen molar-refractivity contribution in [1.29, 1.82) is 0 Å². The molecule has 0 heteroatoms. The van der Waals surface area contributed by atoms with Gasteiger partial charge in [0.25, 0.3) is 0 Å². The molecular formula is C12H20. The second kappa shape index (κ2) is 4.97. The third kappa shape index (κ3) is 3.56. The van der Waals surface area contributed by atoms with Crippen LogP contribution in [0.25, 0.3) is 0 Å². The molecule has 0 aromatic heterocycles. The van der Waals surface area contributed by atoms with E-state index in [1.54, 1.807) is 0 Å². The van der Waals surface area contributed by atoms with Gasteiger partial charge in [-0.3, -0.25) is 0 Å². The predicted molar refractivity (Wildman–Crippen MR) is 57.2 cm³/mol.